The second-order valence-electron chi connectivity index (χ2n) is 20.8. The van der Waals surface area contributed by atoms with Crippen molar-refractivity contribution in [3.8, 4) is 0 Å². The fourth-order valence-electron chi connectivity index (χ4n) is 9.11. The Morgan fingerprint density at radius 1 is 0.918 bits per heavy atom. The molecule has 406 valence electrons. The van der Waals surface area contributed by atoms with Crippen LogP contribution in [0.5, 0.6) is 0 Å². The number of nitrogens with one attached hydrogen (secondary N) is 5. The van der Waals surface area contributed by atoms with Crippen LogP contribution in [0, 0.1) is 23.7 Å². The molecule has 9 atom stereocenters. The summed E-state index contributed by atoms with van der Waals surface area (Å²) in [5.74, 6) is -1.23. The van der Waals surface area contributed by atoms with Crippen molar-refractivity contribution in [2.24, 2.45) is 29.4 Å². The SMILES string of the molecule is CC(/C=C/[C@@H]1C[C@]2(CO2)C[C@@H](CNC(=O)OCc2ccc(NC(=O)[C@H](CCCNC(N)=O)CC(=O)[C@@H](NC(=O)CCCCCCC(=O)CBr)C(C)C)cc2)O1)=C\C[C@@H]1O[C@H](C)[C@H](NC(=O)/C=C\C(C)C)C[C@@H]1C. The number of ketones is 2. The lowest BCUT2D eigenvalue weighted by Crippen LogP contribution is -2.50. The van der Waals surface area contributed by atoms with E-state index in [0.29, 0.717) is 54.8 Å². The fourth-order valence-corrected chi connectivity index (χ4v) is 9.39. The number of Topliss-reactive ketones (excluding diaryl/α,β-unsaturated/α-hetero) is 2. The highest BCUT2D eigenvalue weighted by Gasteiger charge is 2.51. The van der Waals surface area contributed by atoms with Crippen molar-refractivity contribution < 1.29 is 52.5 Å². The molecule has 3 aliphatic rings. The third kappa shape index (κ3) is 23.0. The largest absolute Gasteiger partial charge is 0.445 e. The second-order valence-corrected chi connectivity index (χ2v) is 21.4. The van der Waals surface area contributed by atoms with Crippen molar-refractivity contribution in [3.05, 3.63) is 65.8 Å². The van der Waals surface area contributed by atoms with Gasteiger partial charge in [0.1, 0.15) is 12.4 Å². The van der Waals surface area contributed by atoms with E-state index in [1.807, 2.05) is 40.7 Å². The standard InChI is InChI=1S/C55H83BrN6O11/c1-35(2)16-25-50(66)61-46-27-38(6)48(72-39(46)7)24-18-37(5)17-23-44-29-55(34-71-55)30-45(73-44)32-59-54(69)70-33-40-19-21-42(22-20-40)60-52(67)41(13-12-26-58-53(57)68)28-47(64)51(36(3)4)62-49(65)15-11-9-8-10-14-43(63)31-56/h16-23,25,35-36,38-39,41,44-46,48,51H,8-15,24,26-34H2,1-7H3,(H,59,69)(H,60,67)(H,61,66)(H,62,65)(H3,57,58,68)/b23-17+,25-16-,37-18+/t38-,39+,41+,44+,45-,46+,48-,51-,55+/m0/s1. The van der Waals surface area contributed by atoms with Crippen LogP contribution in [-0.4, -0.2) is 109 Å². The first-order valence-electron chi connectivity index (χ1n) is 26.3. The first kappa shape index (κ1) is 60.6. The number of allylic oxidation sites excluding steroid dienone is 3. The minimum Gasteiger partial charge on any atom is -0.445 e. The number of urea groups is 1. The molecule has 1 spiro atoms. The Morgan fingerprint density at radius 2 is 1.63 bits per heavy atom. The van der Waals surface area contributed by atoms with Crippen molar-refractivity contribution in [1.29, 1.82) is 0 Å². The normalized spacial score (nSPS) is 23.8. The van der Waals surface area contributed by atoms with E-state index in [1.165, 1.54) is 0 Å². The van der Waals surface area contributed by atoms with E-state index in [2.05, 4.69) is 74.6 Å². The van der Waals surface area contributed by atoms with E-state index in [4.69, 9.17) is 24.7 Å². The molecule has 3 fully saturated rings. The molecular formula is C55H83BrN6O11. The smallest absolute Gasteiger partial charge is 0.407 e. The molecule has 0 bridgehead atoms. The number of carbonyl (C=O) groups excluding carboxylic acids is 7. The Balaban J connectivity index is 1.22. The van der Waals surface area contributed by atoms with Crippen molar-refractivity contribution in [3.63, 3.8) is 0 Å². The van der Waals surface area contributed by atoms with E-state index in [-0.39, 0.29) is 110 Å². The maximum absolute atomic E-state index is 13.7. The van der Waals surface area contributed by atoms with E-state index >= 15 is 0 Å². The number of nitrogens with two attached hydrogens (primary N) is 1. The third-order valence-electron chi connectivity index (χ3n) is 13.5. The van der Waals surface area contributed by atoms with Crippen LogP contribution in [0.3, 0.4) is 0 Å². The number of rotatable bonds is 30. The molecule has 0 saturated carbocycles. The summed E-state index contributed by atoms with van der Waals surface area (Å²) in [4.78, 5) is 88.2. The predicted octanol–water partition coefficient (Wildman–Crippen LogP) is 8.04. The number of unbranched alkanes of at least 4 members (excludes halogenated alkanes) is 3. The minimum absolute atomic E-state index is 0.0168. The lowest BCUT2D eigenvalue weighted by Gasteiger charge is -2.39. The van der Waals surface area contributed by atoms with Gasteiger partial charge < -0.3 is 51.3 Å². The highest BCUT2D eigenvalue weighted by molar-refractivity contribution is 9.09. The van der Waals surface area contributed by atoms with Crippen LogP contribution < -0.4 is 32.3 Å². The third-order valence-corrected chi connectivity index (χ3v) is 14.1. The van der Waals surface area contributed by atoms with Gasteiger partial charge in [-0.3, -0.25) is 24.0 Å². The van der Waals surface area contributed by atoms with Crippen LogP contribution in [-0.2, 0) is 49.5 Å². The molecule has 7 N–H and O–H groups in total. The lowest BCUT2D eigenvalue weighted by atomic mass is 9.88. The van der Waals surface area contributed by atoms with Gasteiger partial charge in [0.05, 0.1) is 54.0 Å². The van der Waals surface area contributed by atoms with Crippen LogP contribution in [0.2, 0.25) is 0 Å². The molecule has 0 aliphatic carbocycles. The van der Waals surface area contributed by atoms with Crippen molar-refractivity contribution in [1.82, 2.24) is 21.3 Å². The van der Waals surface area contributed by atoms with Gasteiger partial charge in [-0.15, -0.1) is 0 Å². The van der Waals surface area contributed by atoms with Crippen molar-refractivity contribution >= 4 is 63.0 Å². The molecule has 17 nitrogen and oxygen atoms in total. The number of anilines is 1. The van der Waals surface area contributed by atoms with E-state index in [9.17, 15) is 33.6 Å². The molecule has 3 saturated heterocycles. The number of alkyl carbamates (subject to hydrolysis) is 1. The van der Waals surface area contributed by atoms with E-state index in [0.717, 1.165) is 44.1 Å². The first-order chi connectivity index (χ1) is 34.7. The molecule has 73 heavy (non-hydrogen) atoms. The Kier molecular flexibility index (Phi) is 25.8. The maximum atomic E-state index is 13.7. The zero-order chi connectivity index (χ0) is 53.5. The molecule has 0 radical (unpaired) electrons. The molecule has 0 unspecified atom stereocenters. The molecule has 0 aromatic heterocycles. The summed E-state index contributed by atoms with van der Waals surface area (Å²) in [5.41, 5.74) is 7.22. The molecular weight excluding hydrogens is 1000 g/mol. The Hall–Kier alpha value is -4.91. The molecule has 4 rings (SSSR count). The first-order valence-corrected chi connectivity index (χ1v) is 27.4. The number of carbonyl (C=O) groups is 7. The van der Waals surface area contributed by atoms with Crippen molar-refractivity contribution in [2.75, 3.05) is 30.3 Å². The van der Waals surface area contributed by atoms with Gasteiger partial charge in [-0.25, -0.2) is 9.59 Å². The average molecular weight is 1080 g/mol. The molecule has 18 heteroatoms. The fraction of sp³-hybridized carbons (Fsp3) is 0.655. The lowest BCUT2D eigenvalue weighted by molar-refractivity contribution is -0.131. The molecule has 1 aromatic rings. The number of hydrogen-bond acceptors (Lipinski definition) is 11. The number of halogens is 1. The summed E-state index contributed by atoms with van der Waals surface area (Å²) in [7, 11) is 0. The maximum Gasteiger partial charge on any atom is 0.407 e. The number of hydrogen-bond donors (Lipinski definition) is 6. The molecule has 1 aromatic carbocycles. The van der Waals surface area contributed by atoms with Gasteiger partial charge in [0, 0.05) is 56.8 Å². The van der Waals surface area contributed by atoms with E-state index < -0.39 is 30.0 Å². The van der Waals surface area contributed by atoms with Gasteiger partial charge in [-0.2, -0.15) is 0 Å². The monoisotopic (exact) mass is 1080 g/mol. The molecule has 6 amide bonds. The van der Waals surface area contributed by atoms with Gasteiger partial charge in [0.25, 0.3) is 0 Å². The minimum atomic E-state index is -0.784. The Bertz CT molecular complexity index is 2070. The summed E-state index contributed by atoms with van der Waals surface area (Å²) >= 11 is 3.17. The quantitative estimate of drug-likeness (QED) is 0.0142. The number of epoxide rings is 1. The summed E-state index contributed by atoms with van der Waals surface area (Å²) in [6, 6.07) is 5.32. The summed E-state index contributed by atoms with van der Waals surface area (Å²) in [6.45, 7) is 15.1. The summed E-state index contributed by atoms with van der Waals surface area (Å²) < 4.78 is 24.1. The Labute approximate surface area is 441 Å². The number of primary amides is 1. The van der Waals surface area contributed by atoms with Crippen LogP contribution in [0.25, 0.3) is 0 Å². The van der Waals surface area contributed by atoms with Crippen LogP contribution >= 0.6 is 15.9 Å². The number of amides is 6. The highest BCUT2D eigenvalue weighted by atomic mass is 79.9. The van der Waals surface area contributed by atoms with Gasteiger partial charge in [0.2, 0.25) is 17.7 Å². The highest BCUT2D eigenvalue weighted by Crippen LogP contribution is 2.42. The zero-order valence-corrected chi connectivity index (χ0v) is 45.7. The van der Waals surface area contributed by atoms with Crippen molar-refractivity contribution in [2.45, 2.75) is 181 Å². The summed E-state index contributed by atoms with van der Waals surface area (Å²) in [5, 5.41) is 14.6. The van der Waals surface area contributed by atoms with Gasteiger partial charge >= 0.3 is 12.1 Å². The van der Waals surface area contributed by atoms with Crippen LogP contribution in [0.15, 0.2) is 60.2 Å². The average Bonchev–Trinajstić information content (AvgIpc) is 4.09. The van der Waals surface area contributed by atoms with Gasteiger partial charge in [0.15, 0.2) is 5.78 Å². The molecule has 3 heterocycles. The predicted molar refractivity (Wildman–Crippen MR) is 285 cm³/mol. The summed E-state index contributed by atoms with van der Waals surface area (Å²) in [6.07, 6.45) is 16.0. The number of alkyl halides is 1. The number of ether oxygens (including phenoxy) is 4. The topological polar surface area (TPSA) is 246 Å². The van der Waals surface area contributed by atoms with Crippen LogP contribution in [0.1, 0.15) is 138 Å². The van der Waals surface area contributed by atoms with Crippen LogP contribution in [0.4, 0.5) is 15.3 Å². The van der Waals surface area contributed by atoms with E-state index in [1.54, 1.807) is 30.3 Å². The number of benzene rings is 1. The zero-order valence-electron chi connectivity index (χ0n) is 44.1. The molecule has 3 aliphatic heterocycles. The van der Waals surface area contributed by atoms with Gasteiger partial charge in [-0.05, 0) is 93.9 Å². The Morgan fingerprint density at radius 3 is 2.29 bits per heavy atom. The second kappa shape index (κ2) is 31.1. The van der Waals surface area contributed by atoms with Gasteiger partial charge in [-0.1, -0.05) is 105 Å².